The highest BCUT2D eigenvalue weighted by Crippen LogP contribution is 2.22. The molecule has 0 aromatic heterocycles. The third-order valence-corrected chi connectivity index (χ3v) is 3.85. The SMILES string of the molecule is CCOCCN1CCNCC1c1ccc(CC)cc1. The number of hydrogen-bond donors (Lipinski definition) is 1. The normalized spacial score (nSPS) is 20.6. The standard InChI is InChI=1S/C16H26N2O/c1-3-14-5-7-15(8-6-14)16-13-17-9-10-18(16)11-12-19-4-2/h5-8,16-17H,3-4,9-13H2,1-2H3. The highest BCUT2D eigenvalue weighted by Gasteiger charge is 2.23. The van der Waals surface area contributed by atoms with E-state index in [1.54, 1.807) is 0 Å². The molecular weight excluding hydrogens is 236 g/mol. The van der Waals surface area contributed by atoms with Crippen LogP contribution in [0.25, 0.3) is 0 Å². The van der Waals surface area contributed by atoms with Gasteiger partial charge >= 0.3 is 0 Å². The zero-order chi connectivity index (χ0) is 13.5. The molecule has 0 radical (unpaired) electrons. The first-order valence-corrected chi connectivity index (χ1v) is 7.46. The molecule has 1 aromatic carbocycles. The van der Waals surface area contributed by atoms with E-state index in [0.29, 0.717) is 6.04 Å². The molecule has 0 spiro atoms. The number of benzene rings is 1. The van der Waals surface area contributed by atoms with Crippen LogP contribution in [0.2, 0.25) is 0 Å². The van der Waals surface area contributed by atoms with Gasteiger partial charge in [0.05, 0.1) is 6.61 Å². The molecule has 3 nitrogen and oxygen atoms in total. The Hall–Kier alpha value is -0.900. The number of piperazine rings is 1. The second-order valence-corrected chi connectivity index (χ2v) is 5.05. The summed E-state index contributed by atoms with van der Waals surface area (Å²) in [4.78, 5) is 2.53. The minimum absolute atomic E-state index is 0.486. The Morgan fingerprint density at radius 2 is 2.05 bits per heavy atom. The Morgan fingerprint density at radius 3 is 2.74 bits per heavy atom. The van der Waals surface area contributed by atoms with E-state index in [9.17, 15) is 0 Å². The van der Waals surface area contributed by atoms with E-state index in [4.69, 9.17) is 4.74 Å². The fourth-order valence-corrected chi connectivity index (χ4v) is 2.64. The second kappa shape index (κ2) is 7.63. The molecule has 1 saturated heterocycles. The zero-order valence-electron chi connectivity index (χ0n) is 12.2. The van der Waals surface area contributed by atoms with Crippen LogP contribution < -0.4 is 5.32 Å². The highest BCUT2D eigenvalue weighted by molar-refractivity contribution is 5.25. The third-order valence-electron chi connectivity index (χ3n) is 3.85. The first kappa shape index (κ1) is 14.5. The number of nitrogens with zero attached hydrogens (tertiary/aromatic N) is 1. The summed E-state index contributed by atoms with van der Waals surface area (Å²) in [6.45, 7) is 10.1. The topological polar surface area (TPSA) is 24.5 Å². The van der Waals surface area contributed by atoms with E-state index in [0.717, 1.165) is 45.8 Å². The largest absolute Gasteiger partial charge is 0.380 e. The van der Waals surface area contributed by atoms with Crippen molar-refractivity contribution < 1.29 is 4.74 Å². The fourth-order valence-electron chi connectivity index (χ4n) is 2.64. The van der Waals surface area contributed by atoms with E-state index >= 15 is 0 Å². The lowest BCUT2D eigenvalue weighted by atomic mass is 10.0. The van der Waals surface area contributed by atoms with Gasteiger partial charge in [-0.15, -0.1) is 0 Å². The number of rotatable bonds is 6. The van der Waals surface area contributed by atoms with Crippen LogP contribution in [0.5, 0.6) is 0 Å². The summed E-state index contributed by atoms with van der Waals surface area (Å²) in [5.74, 6) is 0. The van der Waals surface area contributed by atoms with Gasteiger partial charge in [-0.1, -0.05) is 31.2 Å². The van der Waals surface area contributed by atoms with Gasteiger partial charge in [-0.3, -0.25) is 4.90 Å². The van der Waals surface area contributed by atoms with E-state index in [1.807, 2.05) is 0 Å². The van der Waals surface area contributed by atoms with Crippen molar-refractivity contribution in [3.8, 4) is 0 Å². The summed E-state index contributed by atoms with van der Waals surface area (Å²) >= 11 is 0. The lowest BCUT2D eigenvalue weighted by Gasteiger charge is -2.36. The molecule has 0 aliphatic carbocycles. The Balaban J connectivity index is 2.00. The van der Waals surface area contributed by atoms with Gasteiger partial charge in [0.1, 0.15) is 0 Å². The van der Waals surface area contributed by atoms with Gasteiger partial charge in [-0.05, 0) is 24.5 Å². The Morgan fingerprint density at radius 1 is 1.26 bits per heavy atom. The van der Waals surface area contributed by atoms with Crippen LogP contribution >= 0.6 is 0 Å². The van der Waals surface area contributed by atoms with Crippen molar-refractivity contribution in [1.82, 2.24) is 10.2 Å². The van der Waals surface area contributed by atoms with Crippen LogP contribution in [-0.2, 0) is 11.2 Å². The predicted octanol–water partition coefficient (Wildman–Crippen LogP) is 2.23. The predicted molar refractivity (Wildman–Crippen MR) is 79.5 cm³/mol. The van der Waals surface area contributed by atoms with E-state index in [-0.39, 0.29) is 0 Å². The summed E-state index contributed by atoms with van der Waals surface area (Å²) in [5.41, 5.74) is 2.83. The van der Waals surface area contributed by atoms with Gasteiger partial charge in [0.15, 0.2) is 0 Å². The van der Waals surface area contributed by atoms with Crippen LogP contribution in [0.4, 0.5) is 0 Å². The Labute approximate surface area is 116 Å². The zero-order valence-corrected chi connectivity index (χ0v) is 12.2. The van der Waals surface area contributed by atoms with E-state index in [2.05, 4.69) is 48.3 Å². The molecule has 0 amide bonds. The summed E-state index contributed by atoms with van der Waals surface area (Å²) in [6.07, 6.45) is 1.11. The van der Waals surface area contributed by atoms with Gasteiger partial charge < -0.3 is 10.1 Å². The number of ether oxygens (including phenoxy) is 1. The number of hydrogen-bond acceptors (Lipinski definition) is 3. The maximum atomic E-state index is 5.49. The van der Waals surface area contributed by atoms with Gasteiger partial charge in [-0.2, -0.15) is 0 Å². The molecule has 19 heavy (non-hydrogen) atoms. The first-order chi connectivity index (χ1) is 9.35. The second-order valence-electron chi connectivity index (χ2n) is 5.05. The lowest BCUT2D eigenvalue weighted by Crippen LogP contribution is -2.47. The maximum absolute atomic E-state index is 5.49. The van der Waals surface area contributed by atoms with Crippen molar-refractivity contribution in [2.24, 2.45) is 0 Å². The molecule has 3 heteroatoms. The number of aryl methyl sites for hydroxylation is 1. The average molecular weight is 262 g/mol. The molecule has 1 unspecified atom stereocenters. The Bertz CT molecular complexity index is 364. The fraction of sp³-hybridized carbons (Fsp3) is 0.625. The molecule has 1 fully saturated rings. The van der Waals surface area contributed by atoms with Crippen molar-refractivity contribution in [1.29, 1.82) is 0 Å². The van der Waals surface area contributed by atoms with E-state index in [1.165, 1.54) is 11.1 Å². The van der Waals surface area contributed by atoms with Crippen molar-refractivity contribution in [3.63, 3.8) is 0 Å². The Kier molecular flexibility index (Phi) is 5.83. The van der Waals surface area contributed by atoms with Gasteiger partial charge in [0, 0.05) is 38.8 Å². The molecule has 1 atom stereocenters. The maximum Gasteiger partial charge on any atom is 0.0593 e. The van der Waals surface area contributed by atoms with Crippen LogP contribution in [-0.4, -0.2) is 44.3 Å². The van der Waals surface area contributed by atoms with Gasteiger partial charge in [0.25, 0.3) is 0 Å². The molecule has 1 heterocycles. The quantitative estimate of drug-likeness (QED) is 0.796. The molecule has 0 bridgehead atoms. The molecule has 2 rings (SSSR count). The van der Waals surface area contributed by atoms with Crippen molar-refractivity contribution in [3.05, 3.63) is 35.4 Å². The molecule has 0 saturated carbocycles. The summed E-state index contributed by atoms with van der Waals surface area (Å²) in [7, 11) is 0. The minimum atomic E-state index is 0.486. The van der Waals surface area contributed by atoms with Crippen LogP contribution in [0, 0.1) is 0 Å². The first-order valence-electron chi connectivity index (χ1n) is 7.46. The van der Waals surface area contributed by atoms with Crippen molar-refractivity contribution >= 4 is 0 Å². The molecule has 1 aromatic rings. The molecule has 106 valence electrons. The van der Waals surface area contributed by atoms with Gasteiger partial charge in [0.2, 0.25) is 0 Å². The summed E-state index contributed by atoms with van der Waals surface area (Å²) in [5, 5.41) is 3.50. The van der Waals surface area contributed by atoms with Crippen molar-refractivity contribution in [2.75, 3.05) is 39.4 Å². The van der Waals surface area contributed by atoms with Gasteiger partial charge in [-0.25, -0.2) is 0 Å². The monoisotopic (exact) mass is 262 g/mol. The smallest absolute Gasteiger partial charge is 0.0593 e. The van der Waals surface area contributed by atoms with Crippen molar-refractivity contribution in [2.45, 2.75) is 26.3 Å². The molecule has 1 aliphatic heterocycles. The average Bonchev–Trinajstić information content (AvgIpc) is 2.48. The van der Waals surface area contributed by atoms with Crippen LogP contribution in [0.15, 0.2) is 24.3 Å². The number of nitrogens with one attached hydrogen (secondary N) is 1. The third kappa shape index (κ3) is 4.03. The molecular formula is C16H26N2O. The minimum Gasteiger partial charge on any atom is -0.380 e. The molecule has 1 aliphatic rings. The highest BCUT2D eigenvalue weighted by atomic mass is 16.5. The lowest BCUT2D eigenvalue weighted by molar-refractivity contribution is 0.0829. The molecule has 1 N–H and O–H groups in total. The van der Waals surface area contributed by atoms with E-state index < -0.39 is 0 Å². The summed E-state index contributed by atoms with van der Waals surface area (Å²) < 4.78 is 5.49. The summed E-state index contributed by atoms with van der Waals surface area (Å²) in [6, 6.07) is 9.56. The van der Waals surface area contributed by atoms with Crippen LogP contribution in [0.3, 0.4) is 0 Å². The van der Waals surface area contributed by atoms with Crippen LogP contribution in [0.1, 0.15) is 31.0 Å².